The van der Waals surface area contributed by atoms with Crippen LogP contribution in [0.1, 0.15) is 128 Å². The highest BCUT2D eigenvalue weighted by atomic mass is 19.4. The van der Waals surface area contributed by atoms with Crippen molar-refractivity contribution in [3.8, 4) is 0 Å². The number of hydrogen-bond acceptors (Lipinski definition) is 12. The Kier molecular flexibility index (Phi) is 19.2. The highest BCUT2D eigenvalue weighted by Crippen LogP contribution is 2.43. The van der Waals surface area contributed by atoms with Gasteiger partial charge in [0.25, 0.3) is 0 Å². The van der Waals surface area contributed by atoms with Gasteiger partial charge in [-0.05, 0) is 76.8 Å². The Bertz CT molecular complexity index is 1660. The van der Waals surface area contributed by atoms with Crippen LogP contribution < -0.4 is 10.6 Å². The number of aliphatic hydroxyl groups excluding tert-OH is 2. The first kappa shape index (κ1) is 50.0. The minimum Gasteiger partial charge on any atom is -0.460 e. The molecule has 1 saturated heterocycles. The third-order valence-corrected chi connectivity index (χ3v) is 9.70. The first-order valence-electron chi connectivity index (χ1n) is 20.6. The van der Waals surface area contributed by atoms with Crippen molar-refractivity contribution in [1.29, 1.82) is 0 Å². The second-order valence-electron chi connectivity index (χ2n) is 16.2. The van der Waals surface area contributed by atoms with Crippen LogP contribution in [0.5, 0.6) is 0 Å². The average Bonchev–Trinajstić information content (AvgIpc) is 3.54. The van der Waals surface area contributed by atoms with Gasteiger partial charge in [0.15, 0.2) is 12.4 Å². The Hall–Kier alpha value is -4.32. The molecule has 14 nitrogen and oxygen atoms in total. The van der Waals surface area contributed by atoms with Crippen molar-refractivity contribution in [2.24, 2.45) is 0 Å². The van der Waals surface area contributed by atoms with Gasteiger partial charge >= 0.3 is 24.1 Å². The summed E-state index contributed by atoms with van der Waals surface area (Å²) in [5.74, 6) is -5.18. The van der Waals surface area contributed by atoms with Gasteiger partial charge in [-0.3, -0.25) is 14.4 Å². The highest BCUT2D eigenvalue weighted by Gasteiger charge is 2.52. The molecule has 1 heterocycles. The SMILES string of the molecule is CCCCCC1(CCCCC)O[C@@H]2[C@@H](C=C(C(=O)N[C@@H](C(=O)N[C@H](CO)CCC(=O)OC(C)(C)C)[C@H](C)O)C[C@H]2OC(=O)c2cccc(C=CC(=O)OCC(F)(F)F)c2)O1. The van der Waals surface area contributed by atoms with Gasteiger partial charge in [-0.25, -0.2) is 9.59 Å². The van der Waals surface area contributed by atoms with Gasteiger partial charge in [0.05, 0.1) is 24.3 Å². The Morgan fingerprint density at radius 3 is 2.25 bits per heavy atom. The normalized spacial score (nSPS) is 20.3. The Morgan fingerprint density at radius 2 is 1.67 bits per heavy atom. The summed E-state index contributed by atoms with van der Waals surface area (Å²) >= 11 is 0. The molecule has 2 amide bonds. The van der Waals surface area contributed by atoms with Gasteiger partial charge in [-0.15, -0.1) is 0 Å². The van der Waals surface area contributed by atoms with E-state index in [1.807, 2.05) is 0 Å². The molecule has 0 spiro atoms. The Morgan fingerprint density at radius 1 is 1.00 bits per heavy atom. The van der Waals surface area contributed by atoms with Crippen LogP contribution in [-0.2, 0) is 42.9 Å². The number of nitrogens with one attached hydrogen (secondary N) is 2. The largest absolute Gasteiger partial charge is 0.460 e. The molecule has 0 saturated carbocycles. The summed E-state index contributed by atoms with van der Waals surface area (Å²) < 4.78 is 66.1. The van der Waals surface area contributed by atoms with Gasteiger partial charge < -0.3 is 44.5 Å². The van der Waals surface area contributed by atoms with Crippen molar-refractivity contribution >= 4 is 35.8 Å². The summed E-state index contributed by atoms with van der Waals surface area (Å²) in [6.07, 6.45) is 0.922. The smallest absolute Gasteiger partial charge is 0.422 e. The van der Waals surface area contributed by atoms with Crippen LogP contribution in [0, 0.1) is 0 Å². The van der Waals surface area contributed by atoms with Gasteiger partial charge in [0.2, 0.25) is 11.8 Å². The summed E-state index contributed by atoms with van der Waals surface area (Å²) in [5.41, 5.74) is -0.314. The molecule has 17 heteroatoms. The van der Waals surface area contributed by atoms with E-state index in [2.05, 4.69) is 29.2 Å². The summed E-state index contributed by atoms with van der Waals surface area (Å²) in [4.78, 5) is 65.1. The van der Waals surface area contributed by atoms with Crippen LogP contribution in [0.15, 0.2) is 42.0 Å². The maximum absolute atomic E-state index is 13.9. The second kappa shape index (κ2) is 23.0. The van der Waals surface area contributed by atoms with Gasteiger partial charge in [-0.1, -0.05) is 51.7 Å². The lowest BCUT2D eigenvalue weighted by Crippen LogP contribution is -2.55. The number of unbranched alkanes of at least 4 members (excludes halogenated alkanes) is 4. The van der Waals surface area contributed by atoms with Gasteiger partial charge in [-0.2, -0.15) is 13.2 Å². The van der Waals surface area contributed by atoms with Crippen molar-refractivity contribution in [3.63, 3.8) is 0 Å². The summed E-state index contributed by atoms with van der Waals surface area (Å²) in [5, 5.41) is 25.7. The number of alkyl halides is 3. The number of hydrogen-bond donors (Lipinski definition) is 4. The lowest BCUT2D eigenvalue weighted by molar-refractivity contribution is -0.190. The minimum absolute atomic E-state index is 0.0300. The number of ether oxygens (including phenoxy) is 5. The van der Waals surface area contributed by atoms with E-state index in [1.54, 1.807) is 26.8 Å². The monoisotopic (exact) mass is 854 g/mol. The first-order chi connectivity index (χ1) is 28.2. The van der Waals surface area contributed by atoms with E-state index in [4.69, 9.17) is 18.9 Å². The zero-order chi connectivity index (χ0) is 44.7. The molecule has 0 unspecified atom stereocenters. The first-order valence-corrected chi connectivity index (χ1v) is 20.6. The number of halogens is 3. The van der Waals surface area contributed by atoms with E-state index < -0.39 is 97.0 Å². The molecular formula is C43H61F3N2O12. The zero-order valence-corrected chi connectivity index (χ0v) is 35.3. The fraction of sp³-hybridized carbons (Fsp3) is 0.651. The van der Waals surface area contributed by atoms with E-state index >= 15 is 0 Å². The third kappa shape index (κ3) is 16.6. The number of aliphatic hydroxyl groups is 2. The van der Waals surface area contributed by atoms with Crippen LogP contribution >= 0.6 is 0 Å². The molecule has 1 aromatic rings. The highest BCUT2D eigenvalue weighted by molar-refractivity contribution is 5.98. The number of fused-ring (bicyclic) bond motifs is 1. The molecule has 3 rings (SSSR count). The molecule has 1 aliphatic heterocycles. The molecule has 1 aliphatic carbocycles. The number of rotatable bonds is 22. The Labute approximate surface area is 349 Å². The topological polar surface area (TPSA) is 196 Å². The molecule has 4 N–H and O–H groups in total. The van der Waals surface area contributed by atoms with Crippen molar-refractivity contribution in [1.82, 2.24) is 10.6 Å². The molecule has 0 radical (unpaired) electrons. The summed E-state index contributed by atoms with van der Waals surface area (Å²) in [6, 6.07) is 3.43. The van der Waals surface area contributed by atoms with Crippen molar-refractivity contribution in [2.75, 3.05) is 13.2 Å². The predicted octanol–water partition coefficient (Wildman–Crippen LogP) is 5.77. The van der Waals surface area contributed by atoms with Crippen molar-refractivity contribution in [3.05, 3.63) is 53.1 Å². The molecule has 0 bridgehead atoms. The van der Waals surface area contributed by atoms with E-state index in [9.17, 15) is 47.4 Å². The predicted molar refractivity (Wildman–Crippen MR) is 213 cm³/mol. The zero-order valence-electron chi connectivity index (χ0n) is 35.3. The molecule has 2 aliphatic rings. The maximum atomic E-state index is 13.9. The Balaban J connectivity index is 1.86. The average molecular weight is 855 g/mol. The van der Waals surface area contributed by atoms with Crippen LogP contribution in [0.2, 0.25) is 0 Å². The van der Waals surface area contributed by atoms with Crippen LogP contribution in [0.3, 0.4) is 0 Å². The van der Waals surface area contributed by atoms with E-state index in [0.717, 1.165) is 44.6 Å². The third-order valence-electron chi connectivity index (χ3n) is 9.70. The standard InChI is InChI=1S/C43H61F3N2O12/c1-7-9-11-20-42(21-12-10-8-2)58-33-24-30(38(53)48-36(27(3)50)39(54)47-31(25-49)17-19-35(52)59-41(4,5)6)23-32(37(33)60-42)57-40(55)29-15-13-14-28(22-29)16-18-34(51)56-26-43(44,45)46/h13-16,18,22,24,27,31-33,36-37,49-50H,7-12,17,19-21,23,25-26H2,1-6H3,(H,47,54)(H,48,53)/t27-,31-,32+,33+,36+,37-/m0/s1. The number of benzene rings is 1. The fourth-order valence-electron chi connectivity index (χ4n) is 6.76. The molecule has 1 aromatic carbocycles. The quantitative estimate of drug-likeness (QED) is 0.0477. The number of carbonyl (C=O) groups excluding carboxylic acids is 5. The molecule has 0 aromatic heterocycles. The van der Waals surface area contributed by atoms with Crippen molar-refractivity contribution < 1.29 is 71.0 Å². The molecule has 60 heavy (non-hydrogen) atoms. The molecule has 336 valence electrons. The second-order valence-corrected chi connectivity index (χ2v) is 16.2. The van der Waals surface area contributed by atoms with Crippen molar-refractivity contribution in [2.45, 2.75) is 166 Å². The van der Waals surface area contributed by atoms with E-state index in [0.29, 0.717) is 12.8 Å². The lowest BCUT2D eigenvalue weighted by atomic mass is 9.91. The summed E-state index contributed by atoms with van der Waals surface area (Å²) in [7, 11) is 0. The van der Waals surface area contributed by atoms with E-state index in [-0.39, 0.29) is 36.0 Å². The van der Waals surface area contributed by atoms with Crippen LogP contribution in [-0.4, -0.2) is 107 Å². The fourth-order valence-corrected chi connectivity index (χ4v) is 6.76. The number of esters is 3. The lowest BCUT2D eigenvalue weighted by Gasteiger charge is -2.32. The molecular weight excluding hydrogens is 793 g/mol. The van der Waals surface area contributed by atoms with E-state index in [1.165, 1.54) is 37.3 Å². The van der Waals surface area contributed by atoms with Gasteiger partial charge in [0.1, 0.15) is 30.0 Å². The van der Waals surface area contributed by atoms with Gasteiger partial charge in [0, 0.05) is 37.3 Å². The van der Waals surface area contributed by atoms with Crippen LogP contribution in [0.25, 0.3) is 6.08 Å². The number of amides is 2. The molecule has 1 fully saturated rings. The summed E-state index contributed by atoms with van der Waals surface area (Å²) in [6.45, 7) is 8.30. The minimum atomic E-state index is -4.69. The maximum Gasteiger partial charge on any atom is 0.422 e. The van der Waals surface area contributed by atoms with Crippen LogP contribution in [0.4, 0.5) is 13.2 Å². The number of carbonyl (C=O) groups is 5. The molecule has 6 atom stereocenters.